The van der Waals surface area contributed by atoms with Gasteiger partial charge in [0.15, 0.2) is 0 Å². The number of hydrogen-bond acceptors (Lipinski definition) is 3. The highest BCUT2D eigenvalue weighted by Crippen LogP contribution is 2.34. The molecule has 1 aromatic heterocycles. The lowest BCUT2D eigenvalue weighted by molar-refractivity contribution is -0.895. The number of quaternary nitrogens is 1. The third kappa shape index (κ3) is 3.80. The maximum Gasteiger partial charge on any atom is 0.259 e. The second-order valence-electron chi connectivity index (χ2n) is 8.49. The number of likely N-dealkylation sites (tertiary alicyclic amines) is 1. The van der Waals surface area contributed by atoms with E-state index in [1.807, 2.05) is 47.4 Å². The molecule has 0 aliphatic carbocycles. The molecule has 0 spiro atoms. The number of rotatable bonds is 4. The predicted octanol–water partition coefficient (Wildman–Crippen LogP) is 3.80. The standard InChI is InChI=1S/C23H25FN3O2/c1-27(2,3)21-14-26(13-19(21)16-9-11-18(24)12-10-16)23(28)20-15-29-25-22(20)17-7-5-4-6-8-17/h4-12,15,19,21H,13-14H2,1-3H3/q+1. The fraction of sp³-hybridized carbons (Fsp3) is 0.304. The SMILES string of the molecule is C[N+](C)(C)C1CN(C(=O)c2conc2-c2ccccc2)CC1c1ccc(F)cc1. The maximum absolute atomic E-state index is 13.4. The van der Waals surface area contributed by atoms with Gasteiger partial charge in [0.05, 0.1) is 33.6 Å². The van der Waals surface area contributed by atoms with E-state index in [0.717, 1.165) is 11.1 Å². The van der Waals surface area contributed by atoms with Crippen molar-refractivity contribution >= 4 is 5.91 Å². The van der Waals surface area contributed by atoms with E-state index in [4.69, 9.17) is 4.52 Å². The van der Waals surface area contributed by atoms with Crippen LogP contribution in [0.25, 0.3) is 11.3 Å². The van der Waals surface area contributed by atoms with Crippen molar-refractivity contribution in [1.29, 1.82) is 0 Å². The second-order valence-corrected chi connectivity index (χ2v) is 8.49. The van der Waals surface area contributed by atoms with Crippen LogP contribution in [0.2, 0.25) is 0 Å². The van der Waals surface area contributed by atoms with Crippen LogP contribution in [-0.4, -0.2) is 60.7 Å². The molecular formula is C23H25FN3O2+. The molecule has 6 heteroatoms. The fourth-order valence-corrected chi connectivity index (χ4v) is 4.14. The summed E-state index contributed by atoms with van der Waals surface area (Å²) >= 11 is 0. The molecular weight excluding hydrogens is 369 g/mol. The highest BCUT2D eigenvalue weighted by atomic mass is 19.1. The van der Waals surface area contributed by atoms with Gasteiger partial charge in [-0.2, -0.15) is 0 Å². The number of hydrogen-bond donors (Lipinski definition) is 0. The lowest BCUT2D eigenvalue weighted by atomic mass is 9.92. The molecule has 0 saturated carbocycles. The van der Waals surface area contributed by atoms with Crippen LogP contribution >= 0.6 is 0 Å². The summed E-state index contributed by atoms with van der Waals surface area (Å²) < 4.78 is 19.3. The molecule has 3 aromatic rings. The smallest absolute Gasteiger partial charge is 0.259 e. The van der Waals surface area contributed by atoms with E-state index < -0.39 is 0 Å². The van der Waals surface area contributed by atoms with Gasteiger partial charge >= 0.3 is 0 Å². The van der Waals surface area contributed by atoms with Crippen molar-refractivity contribution < 1.29 is 18.2 Å². The zero-order valence-electron chi connectivity index (χ0n) is 16.9. The molecule has 1 fully saturated rings. The van der Waals surface area contributed by atoms with Gasteiger partial charge in [0, 0.05) is 12.1 Å². The van der Waals surface area contributed by atoms with Gasteiger partial charge in [-0.3, -0.25) is 4.79 Å². The summed E-state index contributed by atoms with van der Waals surface area (Å²) in [5.41, 5.74) is 2.93. The first kappa shape index (κ1) is 19.3. The third-order valence-electron chi connectivity index (χ3n) is 5.72. The van der Waals surface area contributed by atoms with Crippen molar-refractivity contribution in [2.45, 2.75) is 12.0 Å². The normalized spacial score (nSPS) is 19.5. The van der Waals surface area contributed by atoms with Crippen molar-refractivity contribution in [1.82, 2.24) is 10.1 Å². The molecule has 2 atom stereocenters. The lowest BCUT2D eigenvalue weighted by Gasteiger charge is -2.34. The largest absolute Gasteiger partial charge is 0.363 e. The van der Waals surface area contributed by atoms with E-state index >= 15 is 0 Å². The summed E-state index contributed by atoms with van der Waals surface area (Å²) in [6, 6.07) is 16.4. The Labute approximate surface area is 169 Å². The average Bonchev–Trinajstić information content (AvgIpc) is 3.36. The molecule has 1 amide bonds. The van der Waals surface area contributed by atoms with Crippen molar-refractivity contribution in [2.24, 2.45) is 0 Å². The molecule has 5 nitrogen and oxygen atoms in total. The Hall–Kier alpha value is -2.99. The number of carbonyl (C=O) groups excluding carboxylic acids is 1. The third-order valence-corrected chi connectivity index (χ3v) is 5.72. The highest BCUT2D eigenvalue weighted by Gasteiger charge is 2.44. The van der Waals surface area contributed by atoms with Crippen LogP contribution in [0.1, 0.15) is 21.8 Å². The zero-order chi connectivity index (χ0) is 20.6. The van der Waals surface area contributed by atoms with E-state index in [2.05, 4.69) is 26.3 Å². The zero-order valence-corrected chi connectivity index (χ0v) is 16.9. The minimum Gasteiger partial charge on any atom is -0.363 e. The minimum absolute atomic E-state index is 0.0897. The van der Waals surface area contributed by atoms with E-state index in [1.165, 1.54) is 18.4 Å². The molecule has 2 aromatic carbocycles. The first-order valence-corrected chi connectivity index (χ1v) is 9.70. The lowest BCUT2D eigenvalue weighted by Crippen LogP contribution is -2.49. The van der Waals surface area contributed by atoms with Crippen LogP contribution in [0.5, 0.6) is 0 Å². The molecule has 4 rings (SSSR count). The summed E-state index contributed by atoms with van der Waals surface area (Å²) in [5.74, 6) is -0.216. The van der Waals surface area contributed by atoms with Gasteiger partial charge < -0.3 is 13.9 Å². The molecule has 0 N–H and O–H groups in total. The molecule has 0 bridgehead atoms. The van der Waals surface area contributed by atoms with Crippen LogP contribution in [0.4, 0.5) is 4.39 Å². The Morgan fingerprint density at radius 1 is 1.07 bits per heavy atom. The summed E-state index contributed by atoms with van der Waals surface area (Å²) in [6.07, 6.45) is 1.43. The van der Waals surface area contributed by atoms with Crippen molar-refractivity contribution in [3.05, 3.63) is 77.8 Å². The quantitative estimate of drug-likeness (QED) is 0.633. The number of nitrogens with zero attached hydrogens (tertiary/aromatic N) is 3. The fourth-order valence-electron chi connectivity index (χ4n) is 4.14. The van der Waals surface area contributed by atoms with E-state index in [-0.39, 0.29) is 23.7 Å². The molecule has 2 heterocycles. The number of benzene rings is 2. The van der Waals surface area contributed by atoms with Crippen LogP contribution in [-0.2, 0) is 0 Å². The van der Waals surface area contributed by atoms with Crippen molar-refractivity contribution in [2.75, 3.05) is 34.2 Å². The second kappa shape index (κ2) is 7.44. The monoisotopic (exact) mass is 394 g/mol. The van der Waals surface area contributed by atoms with E-state index in [0.29, 0.717) is 28.8 Å². The first-order chi connectivity index (χ1) is 13.8. The van der Waals surface area contributed by atoms with Gasteiger partial charge in [-0.05, 0) is 17.7 Å². The first-order valence-electron chi connectivity index (χ1n) is 9.70. The summed E-state index contributed by atoms with van der Waals surface area (Å²) in [5, 5.41) is 4.07. The van der Waals surface area contributed by atoms with Crippen LogP contribution in [0.3, 0.4) is 0 Å². The van der Waals surface area contributed by atoms with Gasteiger partial charge in [-0.25, -0.2) is 4.39 Å². The number of halogens is 1. The molecule has 1 aliphatic rings. The van der Waals surface area contributed by atoms with Gasteiger partial charge in [0.2, 0.25) is 0 Å². The Morgan fingerprint density at radius 3 is 2.41 bits per heavy atom. The Kier molecular flexibility index (Phi) is 4.96. The summed E-state index contributed by atoms with van der Waals surface area (Å²) in [4.78, 5) is 15.2. The Balaban J connectivity index is 1.64. The molecule has 0 radical (unpaired) electrons. The van der Waals surface area contributed by atoms with E-state index in [9.17, 15) is 9.18 Å². The van der Waals surface area contributed by atoms with Gasteiger partial charge in [-0.1, -0.05) is 47.6 Å². The Bertz CT molecular complexity index is 993. The van der Waals surface area contributed by atoms with Crippen molar-refractivity contribution in [3.8, 4) is 11.3 Å². The van der Waals surface area contributed by atoms with Crippen LogP contribution < -0.4 is 0 Å². The molecule has 2 unspecified atom stereocenters. The number of carbonyl (C=O) groups is 1. The molecule has 150 valence electrons. The highest BCUT2D eigenvalue weighted by molar-refractivity contribution is 5.99. The van der Waals surface area contributed by atoms with Crippen LogP contribution in [0.15, 0.2) is 65.4 Å². The maximum atomic E-state index is 13.4. The number of likely N-dealkylation sites (N-methyl/N-ethyl adjacent to an activating group) is 1. The van der Waals surface area contributed by atoms with E-state index in [1.54, 1.807) is 0 Å². The Morgan fingerprint density at radius 2 is 1.76 bits per heavy atom. The molecule has 1 saturated heterocycles. The average molecular weight is 394 g/mol. The minimum atomic E-state index is -0.251. The molecule has 29 heavy (non-hydrogen) atoms. The summed E-state index contributed by atoms with van der Waals surface area (Å²) in [6.45, 7) is 1.19. The number of aromatic nitrogens is 1. The number of amides is 1. The topological polar surface area (TPSA) is 46.3 Å². The van der Waals surface area contributed by atoms with Crippen LogP contribution in [0, 0.1) is 5.82 Å². The van der Waals surface area contributed by atoms with Gasteiger partial charge in [-0.15, -0.1) is 0 Å². The van der Waals surface area contributed by atoms with Crippen molar-refractivity contribution in [3.63, 3.8) is 0 Å². The van der Waals surface area contributed by atoms with Gasteiger partial charge in [0.25, 0.3) is 5.91 Å². The molecule has 1 aliphatic heterocycles. The summed E-state index contributed by atoms with van der Waals surface area (Å²) in [7, 11) is 6.39. The predicted molar refractivity (Wildman–Crippen MR) is 109 cm³/mol. The van der Waals surface area contributed by atoms with Gasteiger partial charge in [0.1, 0.15) is 29.4 Å².